The van der Waals surface area contributed by atoms with Gasteiger partial charge in [-0.1, -0.05) is 13.8 Å². The molecule has 104 valence electrons. The number of ether oxygens (including phenoxy) is 1. The van der Waals surface area contributed by atoms with Crippen LogP contribution in [0.3, 0.4) is 0 Å². The molecule has 4 heteroatoms. The molecular weight excluding hydrogens is 226 g/mol. The first kappa shape index (κ1) is 13.7. The SMILES string of the molecule is CCNC(=NCC1CC1)NC1CC(OC)C1(C)C. The molecule has 0 aliphatic heterocycles. The molecule has 2 aliphatic carbocycles. The first-order chi connectivity index (χ1) is 8.57. The van der Waals surface area contributed by atoms with Crippen LogP contribution in [0.25, 0.3) is 0 Å². The lowest BCUT2D eigenvalue weighted by Crippen LogP contribution is -2.63. The smallest absolute Gasteiger partial charge is 0.191 e. The second-order valence-electron chi connectivity index (χ2n) is 6.14. The number of rotatable bonds is 5. The zero-order chi connectivity index (χ0) is 13.2. The molecular formula is C14H27N3O. The van der Waals surface area contributed by atoms with E-state index in [0.29, 0.717) is 12.1 Å². The Morgan fingerprint density at radius 3 is 2.61 bits per heavy atom. The minimum atomic E-state index is 0.185. The van der Waals surface area contributed by atoms with Gasteiger partial charge in [0, 0.05) is 31.7 Å². The van der Waals surface area contributed by atoms with Crippen molar-refractivity contribution in [1.29, 1.82) is 0 Å². The maximum absolute atomic E-state index is 5.48. The van der Waals surface area contributed by atoms with Crippen LogP contribution in [-0.4, -0.2) is 38.3 Å². The van der Waals surface area contributed by atoms with E-state index in [2.05, 4.69) is 36.4 Å². The normalized spacial score (nSPS) is 30.8. The lowest BCUT2D eigenvalue weighted by molar-refractivity contribution is -0.0922. The third-order valence-corrected chi connectivity index (χ3v) is 4.32. The van der Waals surface area contributed by atoms with Crippen molar-refractivity contribution in [2.24, 2.45) is 16.3 Å². The number of hydrogen-bond donors (Lipinski definition) is 2. The molecule has 0 amide bonds. The minimum absolute atomic E-state index is 0.185. The maximum atomic E-state index is 5.48. The average Bonchev–Trinajstić information content (AvgIpc) is 3.14. The summed E-state index contributed by atoms with van der Waals surface area (Å²) >= 11 is 0. The van der Waals surface area contributed by atoms with Gasteiger partial charge >= 0.3 is 0 Å². The van der Waals surface area contributed by atoms with Gasteiger partial charge in [-0.25, -0.2) is 0 Å². The summed E-state index contributed by atoms with van der Waals surface area (Å²) in [5, 5.41) is 6.88. The van der Waals surface area contributed by atoms with Crippen LogP contribution in [0.1, 0.15) is 40.0 Å². The molecule has 0 aromatic heterocycles. The van der Waals surface area contributed by atoms with Gasteiger partial charge in [-0.2, -0.15) is 0 Å². The Bertz CT molecular complexity index is 310. The minimum Gasteiger partial charge on any atom is -0.381 e. The molecule has 0 radical (unpaired) electrons. The quantitative estimate of drug-likeness (QED) is 0.580. The van der Waals surface area contributed by atoms with Gasteiger partial charge in [0.1, 0.15) is 0 Å². The largest absolute Gasteiger partial charge is 0.381 e. The average molecular weight is 253 g/mol. The topological polar surface area (TPSA) is 45.7 Å². The second kappa shape index (κ2) is 5.47. The fourth-order valence-electron chi connectivity index (χ4n) is 2.54. The van der Waals surface area contributed by atoms with Crippen LogP contribution in [0.2, 0.25) is 0 Å². The summed E-state index contributed by atoms with van der Waals surface area (Å²) in [5.74, 6) is 1.80. The number of aliphatic imine (C=N–C) groups is 1. The van der Waals surface area contributed by atoms with Crippen LogP contribution in [0.15, 0.2) is 4.99 Å². The third-order valence-electron chi connectivity index (χ3n) is 4.32. The van der Waals surface area contributed by atoms with Crippen molar-refractivity contribution in [2.45, 2.75) is 52.2 Å². The summed E-state index contributed by atoms with van der Waals surface area (Å²) in [6.07, 6.45) is 4.13. The molecule has 2 unspecified atom stereocenters. The highest BCUT2D eigenvalue weighted by Crippen LogP contribution is 2.42. The van der Waals surface area contributed by atoms with E-state index in [1.807, 2.05) is 0 Å². The summed E-state index contributed by atoms with van der Waals surface area (Å²) in [6.45, 7) is 8.51. The van der Waals surface area contributed by atoms with Crippen molar-refractivity contribution >= 4 is 5.96 Å². The van der Waals surface area contributed by atoms with E-state index in [1.54, 1.807) is 7.11 Å². The molecule has 0 bridgehead atoms. The van der Waals surface area contributed by atoms with Crippen LogP contribution >= 0.6 is 0 Å². The number of guanidine groups is 1. The molecule has 2 aliphatic rings. The lowest BCUT2D eigenvalue weighted by atomic mass is 9.64. The van der Waals surface area contributed by atoms with Crippen molar-refractivity contribution in [2.75, 3.05) is 20.2 Å². The zero-order valence-corrected chi connectivity index (χ0v) is 12.1. The number of nitrogens with one attached hydrogen (secondary N) is 2. The molecule has 2 saturated carbocycles. The van der Waals surface area contributed by atoms with Crippen LogP contribution < -0.4 is 10.6 Å². The highest BCUT2D eigenvalue weighted by atomic mass is 16.5. The lowest BCUT2D eigenvalue weighted by Gasteiger charge is -2.51. The molecule has 2 rings (SSSR count). The van der Waals surface area contributed by atoms with Gasteiger partial charge in [0.05, 0.1) is 6.10 Å². The summed E-state index contributed by atoms with van der Waals surface area (Å²) in [5.41, 5.74) is 0.185. The van der Waals surface area contributed by atoms with Gasteiger partial charge in [-0.05, 0) is 32.1 Å². The molecule has 0 heterocycles. The van der Waals surface area contributed by atoms with Crippen molar-refractivity contribution in [3.8, 4) is 0 Å². The number of methoxy groups -OCH3 is 1. The van der Waals surface area contributed by atoms with E-state index in [9.17, 15) is 0 Å². The predicted octanol–water partition coefficient (Wildman–Crippen LogP) is 1.76. The molecule has 18 heavy (non-hydrogen) atoms. The van der Waals surface area contributed by atoms with E-state index in [4.69, 9.17) is 4.74 Å². The zero-order valence-electron chi connectivity index (χ0n) is 12.1. The monoisotopic (exact) mass is 253 g/mol. The molecule has 4 nitrogen and oxygen atoms in total. The first-order valence-corrected chi connectivity index (χ1v) is 7.15. The van der Waals surface area contributed by atoms with Gasteiger partial charge in [-0.3, -0.25) is 4.99 Å². The van der Waals surface area contributed by atoms with E-state index >= 15 is 0 Å². The van der Waals surface area contributed by atoms with Crippen molar-refractivity contribution in [1.82, 2.24) is 10.6 Å². The van der Waals surface area contributed by atoms with Crippen molar-refractivity contribution in [3.05, 3.63) is 0 Å². The van der Waals surface area contributed by atoms with Gasteiger partial charge in [0.2, 0.25) is 0 Å². The van der Waals surface area contributed by atoms with Crippen LogP contribution in [0.4, 0.5) is 0 Å². The van der Waals surface area contributed by atoms with Crippen molar-refractivity contribution < 1.29 is 4.74 Å². The Morgan fingerprint density at radius 2 is 2.11 bits per heavy atom. The van der Waals surface area contributed by atoms with Crippen LogP contribution in [-0.2, 0) is 4.74 Å². The first-order valence-electron chi connectivity index (χ1n) is 7.15. The Kier molecular flexibility index (Phi) is 4.15. The summed E-state index contributed by atoms with van der Waals surface area (Å²) in [7, 11) is 1.80. The molecule has 2 atom stereocenters. The fourth-order valence-corrected chi connectivity index (χ4v) is 2.54. The Morgan fingerprint density at radius 1 is 1.39 bits per heavy atom. The van der Waals surface area contributed by atoms with E-state index < -0.39 is 0 Å². The van der Waals surface area contributed by atoms with E-state index in [1.165, 1.54) is 12.8 Å². The summed E-state index contributed by atoms with van der Waals surface area (Å²) in [6, 6.07) is 0.458. The Labute approximate surface area is 111 Å². The molecule has 0 spiro atoms. The van der Waals surface area contributed by atoms with Crippen molar-refractivity contribution in [3.63, 3.8) is 0 Å². The molecule has 0 aromatic rings. The Hall–Kier alpha value is -0.770. The number of nitrogens with zero attached hydrogens (tertiary/aromatic N) is 1. The standard InChI is InChI=1S/C14H27N3O/c1-5-15-13(16-9-10-6-7-10)17-11-8-12(18-4)14(11,2)3/h10-12H,5-9H2,1-4H3,(H2,15,16,17). The van der Waals surface area contributed by atoms with Gasteiger partial charge in [0.25, 0.3) is 0 Å². The highest BCUT2D eigenvalue weighted by molar-refractivity contribution is 5.80. The third kappa shape index (κ3) is 2.97. The van der Waals surface area contributed by atoms with E-state index in [-0.39, 0.29) is 5.41 Å². The van der Waals surface area contributed by atoms with Crippen LogP contribution in [0, 0.1) is 11.3 Å². The molecule has 2 N–H and O–H groups in total. The summed E-state index contributed by atoms with van der Waals surface area (Å²) < 4.78 is 5.48. The molecule has 0 aromatic carbocycles. The number of hydrogen-bond acceptors (Lipinski definition) is 2. The Balaban J connectivity index is 1.86. The fraction of sp³-hybridized carbons (Fsp3) is 0.929. The molecule has 0 saturated heterocycles. The second-order valence-corrected chi connectivity index (χ2v) is 6.14. The van der Waals surface area contributed by atoms with Gasteiger partial charge in [0.15, 0.2) is 5.96 Å². The maximum Gasteiger partial charge on any atom is 0.191 e. The van der Waals surface area contributed by atoms with Gasteiger partial charge < -0.3 is 15.4 Å². The highest BCUT2D eigenvalue weighted by Gasteiger charge is 2.48. The summed E-state index contributed by atoms with van der Waals surface area (Å²) in [4.78, 5) is 4.67. The van der Waals surface area contributed by atoms with Gasteiger partial charge in [-0.15, -0.1) is 0 Å². The van der Waals surface area contributed by atoms with Crippen LogP contribution in [0.5, 0.6) is 0 Å². The van der Waals surface area contributed by atoms with E-state index in [0.717, 1.165) is 31.4 Å². The predicted molar refractivity (Wildman–Crippen MR) is 74.8 cm³/mol. The molecule has 2 fully saturated rings.